The fourth-order valence-corrected chi connectivity index (χ4v) is 1.68. The molecule has 0 unspecified atom stereocenters. The van der Waals surface area contributed by atoms with E-state index < -0.39 is 11.9 Å². The molecule has 4 nitrogen and oxygen atoms in total. The zero-order valence-electron chi connectivity index (χ0n) is 10.9. The molecule has 0 amide bonds. The van der Waals surface area contributed by atoms with Gasteiger partial charge in [-0.1, -0.05) is 13.0 Å². The molecule has 0 aliphatic heterocycles. The van der Waals surface area contributed by atoms with Crippen molar-refractivity contribution in [2.24, 2.45) is 0 Å². The quantitative estimate of drug-likeness (QED) is 0.927. The highest BCUT2D eigenvalue weighted by Gasteiger charge is 2.11. The molecule has 1 heterocycles. The standard InChI is InChI=1S/C15H13FN2O2/c1-2-14(19)13-7-6-10(9-18-13)20-15-5-3-4-12(16)11(15)8-17/h3-7,9,14,19H,2H2,1H3/t14-/m1/s1. The van der Waals surface area contributed by atoms with Crippen LogP contribution in [0.15, 0.2) is 36.5 Å². The van der Waals surface area contributed by atoms with Crippen molar-refractivity contribution in [1.82, 2.24) is 4.98 Å². The van der Waals surface area contributed by atoms with Crippen molar-refractivity contribution >= 4 is 0 Å². The summed E-state index contributed by atoms with van der Waals surface area (Å²) in [5.41, 5.74) is 0.393. The first-order chi connectivity index (χ1) is 9.65. The van der Waals surface area contributed by atoms with E-state index in [1.165, 1.54) is 24.4 Å². The van der Waals surface area contributed by atoms with E-state index in [0.717, 1.165) is 0 Å². The minimum Gasteiger partial charge on any atom is -0.454 e. The number of hydrogen-bond donors (Lipinski definition) is 1. The smallest absolute Gasteiger partial charge is 0.148 e. The predicted octanol–water partition coefficient (Wildman–Crippen LogP) is 3.33. The van der Waals surface area contributed by atoms with Crippen molar-refractivity contribution in [1.29, 1.82) is 5.26 Å². The highest BCUT2D eigenvalue weighted by molar-refractivity contribution is 5.45. The number of aliphatic hydroxyl groups excluding tert-OH is 1. The molecule has 0 saturated heterocycles. The lowest BCUT2D eigenvalue weighted by molar-refractivity contribution is 0.169. The maximum atomic E-state index is 13.4. The second-order valence-corrected chi connectivity index (χ2v) is 4.17. The van der Waals surface area contributed by atoms with E-state index in [1.54, 1.807) is 18.2 Å². The van der Waals surface area contributed by atoms with Crippen LogP contribution in [0.5, 0.6) is 11.5 Å². The van der Waals surface area contributed by atoms with Crippen LogP contribution in [-0.4, -0.2) is 10.1 Å². The summed E-state index contributed by atoms with van der Waals surface area (Å²) in [5, 5.41) is 18.5. The summed E-state index contributed by atoms with van der Waals surface area (Å²) in [7, 11) is 0. The van der Waals surface area contributed by atoms with E-state index in [-0.39, 0.29) is 11.3 Å². The molecule has 102 valence electrons. The lowest BCUT2D eigenvalue weighted by Gasteiger charge is -2.10. The normalized spacial score (nSPS) is 11.7. The third-order valence-corrected chi connectivity index (χ3v) is 2.80. The van der Waals surface area contributed by atoms with Crippen LogP contribution in [0, 0.1) is 17.1 Å². The molecule has 0 saturated carbocycles. The zero-order valence-corrected chi connectivity index (χ0v) is 10.9. The van der Waals surface area contributed by atoms with Gasteiger partial charge in [-0.25, -0.2) is 4.39 Å². The van der Waals surface area contributed by atoms with Crippen LogP contribution in [0.1, 0.15) is 30.7 Å². The molecule has 0 radical (unpaired) electrons. The molecule has 1 N–H and O–H groups in total. The van der Waals surface area contributed by atoms with Gasteiger partial charge in [-0.05, 0) is 30.7 Å². The molecule has 0 aliphatic carbocycles. The van der Waals surface area contributed by atoms with E-state index in [9.17, 15) is 9.50 Å². The number of aromatic nitrogens is 1. The first kappa shape index (κ1) is 14.0. The number of benzene rings is 1. The number of halogens is 1. The predicted molar refractivity (Wildman–Crippen MR) is 70.7 cm³/mol. The average molecular weight is 272 g/mol. The van der Waals surface area contributed by atoms with Gasteiger partial charge in [-0.2, -0.15) is 5.26 Å². The van der Waals surface area contributed by atoms with Crippen LogP contribution in [0.2, 0.25) is 0 Å². The van der Waals surface area contributed by atoms with Gasteiger partial charge in [0.15, 0.2) is 0 Å². The number of nitriles is 1. The summed E-state index contributed by atoms with van der Waals surface area (Å²) in [4.78, 5) is 4.07. The molecule has 1 aromatic heterocycles. The molecule has 1 aromatic carbocycles. The Morgan fingerprint density at radius 2 is 2.20 bits per heavy atom. The third-order valence-electron chi connectivity index (χ3n) is 2.80. The Hall–Kier alpha value is -2.45. The van der Waals surface area contributed by atoms with E-state index in [1.807, 2.05) is 6.92 Å². The second-order valence-electron chi connectivity index (χ2n) is 4.17. The van der Waals surface area contributed by atoms with Crippen LogP contribution in [0.25, 0.3) is 0 Å². The van der Waals surface area contributed by atoms with Crippen molar-refractivity contribution in [2.45, 2.75) is 19.4 Å². The molecule has 5 heteroatoms. The molecule has 0 spiro atoms. The zero-order chi connectivity index (χ0) is 14.5. The van der Waals surface area contributed by atoms with Gasteiger partial charge in [-0.3, -0.25) is 4.98 Å². The van der Waals surface area contributed by atoms with Crippen molar-refractivity contribution in [3.05, 3.63) is 53.6 Å². The molecule has 0 fully saturated rings. The van der Waals surface area contributed by atoms with Gasteiger partial charge in [0.1, 0.15) is 28.9 Å². The molecule has 1 atom stereocenters. The van der Waals surface area contributed by atoms with Gasteiger partial charge in [-0.15, -0.1) is 0 Å². The highest BCUT2D eigenvalue weighted by Crippen LogP contribution is 2.27. The van der Waals surface area contributed by atoms with Gasteiger partial charge >= 0.3 is 0 Å². The molecule has 0 bridgehead atoms. The summed E-state index contributed by atoms with van der Waals surface area (Å²) in [6, 6.07) is 9.19. The Morgan fingerprint density at radius 3 is 2.80 bits per heavy atom. The average Bonchev–Trinajstić information content (AvgIpc) is 2.47. The summed E-state index contributed by atoms with van der Waals surface area (Å²) < 4.78 is 18.9. The summed E-state index contributed by atoms with van der Waals surface area (Å²) in [5.74, 6) is -0.117. The Morgan fingerprint density at radius 1 is 1.40 bits per heavy atom. The molecule has 20 heavy (non-hydrogen) atoms. The van der Waals surface area contributed by atoms with Crippen molar-refractivity contribution < 1.29 is 14.2 Å². The van der Waals surface area contributed by atoms with Gasteiger partial charge in [0.2, 0.25) is 0 Å². The summed E-state index contributed by atoms with van der Waals surface area (Å²) in [6.45, 7) is 1.85. The first-order valence-corrected chi connectivity index (χ1v) is 6.16. The minimum atomic E-state index is -0.629. The Bertz CT molecular complexity index is 635. The Labute approximate surface area is 116 Å². The lowest BCUT2D eigenvalue weighted by atomic mass is 10.2. The van der Waals surface area contributed by atoms with Crippen LogP contribution >= 0.6 is 0 Å². The van der Waals surface area contributed by atoms with E-state index in [4.69, 9.17) is 10.00 Å². The largest absolute Gasteiger partial charge is 0.454 e. The molecular formula is C15H13FN2O2. The number of pyridine rings is 1. The van der Waals surface area contributed by atoms with Crippen molar-refractivity contribution in [3.63, 3.8) is 0 Å². The van der Waals surface area contributed by atoms with Crippen LogP contribution in [-0.2, 0) is 0 Å². The van der Waals surface area contributed by atoms with Crippen LogP contribution in [0.3, 0.4) is 0 Å². The van der Waals surface area contributed by atoms with Crippen molar-refractivity contribution in [2.75, 3.05) is 0 Å². The van der Waals surface area contributed by atoms with E-state index in [0.29, 0.717) is 17.9 Å². The number of nitrogens with zero attached hydrogens (tertiary/aromatic N) is 2. The topological polar surface area (TPSA) is 66.1 Å². The minimum absolute atomic E-state index is 0.137. The molecular weight excluding hydrogens is 259 g/mol. The molecule has 2 rings (SSSR count). The van der Waals surface area contributed by atoms with Gasteiger partial charge in [0.25, 0.3) is 0 Å². The fraction of sp³-hybridized carbons (Fsp3) is 0.200. The summed E-state index contributed by atoms with van der Waals surface area (Å²) in [6.07, 6.45) is 1.38. The monoisotopic (exact) mass is 272 g/mol. The fourth-order valence-electron chi connectivity index (χ4n) is 1.68. The maximum Gasteiger partial charge on any atom is 0.148 e. The number of hydrogen-bond acceptors (Lipinski definition) is 4. The van der Waals surface area contributed by atoms with E-state index >= 15 is 0 Å². The molecule has 2 aromatic rings. The second kappa shape index (κ2) is 6.13. The van der Waals surface area contributed by atoms with E-state index in [2.05, 4.69) is 4.98 Å². The maximum absolute atomic E-state index is 13.4. The SMILES string of the molecule is CC[C@@H](O)c1ccc(Oc2cccc(F)c2C#N)cn1. The number of ether oxygens (including phenoxy) is 1. The Balaban J connectivity index is 2.23. The van der Waals surface area contributed by atoms with Crippen LogP contribution < -0.4 is 4.74 Å². The first-order valence-electron chi connectivity index (χ1n) is 6.16. The molecule has 0 aliphatic rings. The number of rotatable bonds is 4. The van der Waals surface area contributed by atoms with Gasteiger partial charge in [0, 0.05) is 0 Å². The number of aliphatic hydroxyl groups is 1. The lowest BCUT2D eigenvalue weighted by Crippen LogP contribution is -1.98. The van der Waals surface area contributed by atoms with Gasteiger partial charge in [0.05, 0.1) is 18.0 Å². The van der Waals surface area contributed by atoms with Gasteiger partial charge < -0.3 is 9.84 Å². The Kier molecular flexibility index (Phi) is 4.28. The highest BCUT2D eigenvalue weighted by atomic mass is 19.1. The van der Waals surface area contributed by atoms with Crippen LogP contribution in [0.4, 0.5) is 4.39 Å². The van der Waals surface area contributed by atoms with Crippen molar-refractivity contribution in [3.8, 4) is 17.6 Å². The summed E-state index contributed by atoms with van der Waals surface area (Å²) >= 11 is 0. The third kappa shape index (κ3) is 2.92.